The summed E-state index contributed by atoms with van der Waals surface area (Å²) in [5, 5.41) is 20.5. The second kappa shape index (κ2) is 6.95. The van der Waals surface area contributed by atoms with E-state index in [0.29, 0.717) is 23.5 Å². The molecule has 3 heterocycles. The molecule has 0 spiro atoms. The number of aromatic nitrogens is 4. The molecule has 0 unspecified atom stereocenters. The monoisotopic (exact) mass is 402 g/mol. The summed E-state index contributed by atoms with van der Waals surface area (Å²) in [6.45, 7) is 8.39. The zero-order valence-electron chi connectivity index (χ0n) is 17.7. The molecule has 1 saturated heterocycles. The highest BCUT2D eigenvalue weighted by Crippen LogP contribution is 2.33. The third kappa shape index (κ3) is 3.25. The van der Waals surface area contributed by atoms with Gasteiger partial charge in [-0.05, 0) is 45.0 Å². The van der Waals surface area contributed by atoms with Crippen molar-refractivity contribution in [3.05, 3.63) is 42.2 Å². The molecule has 30 heavy (non-hydrogen) atoms. The van der Waals surface area contributed by atoms with Crippen LogP contribution < -0.4 is 10.2 Å². The van der Waals surface area contributed by atoms with Crippen molar-refractivity contribution < 1.29 is 5.11 Å². The Morgan fingerprint density at radius 3 is 2.57 bits per heavy atom. The maximum absolute atomic E-state index is 10.6. The van der Waals surface area contributed by atoms with E-state index in [1.807, 2.05) is 26.2 Å². The highest BCUT2D eigenvalue weighted by Gasteiger charge is 2.22. The van der Waals surface area contributed by atoms with Gasteiger partial charge >= 0.3 is 0 Å². The van der Waals surface area contributed by atoms with Gasteiger partial charge in [-0.3, -0.25) is 4.68 Å². The van der Waals surface area contributed by atoms with E-state index in [1.165, 1.54) is 5.69 Å². The number of piperazine rings is 1. The lowest BCUT2D eigenvalue weighted by Gasteiger charge is -2.37. The number of benzene rings is 2. The number of anilines is 1. The molecular formula is C23H26N6O. The Bertz CT molecular complexity index is 1250. The van der Waals surface area contributed by atoms with Gasteiger partial charge in [0.05, 0.1) is 16.6 Å². The molecule has 0 aliphatic carbocycles. The van der Waals surface area contributed by atoms with Crippen LogP contribution >= 0.6 is 0 Å². The van der Waals surface area contributed by atoms with Gasteiger partial charge in [-0.25, -0.2) is 9.97 Å². The summed E-state index contributed by atoms with van der Waals surface area (Å²) >= 11 is 0. The van der Waals surface area contributed by atoms with E-state index in [4.69, 9.17) is 9.97 Å². The minimum absolute atomic E-state index is 0.139. The molecule has 7 heteroatoms. The standard InChI is InChI=1S/C23H26N6O/c1-13-10-29(11-14(2)24-13)17-5-6-20-18(8-17)15(3)25-23(26-20)19-7-16-12-28(4)27-21(16)9-22(19)30/h5-9,12-14,24,30H,10-11H2,1-4H3/t13-,14+. The van der Waals surface area contributed by atoms with Gasteiger partial charge in [0.2, 0.25) is 0 Å². The van der Waals surface area contributed by atoms with Crippen LogP contribution in [-0.4, -0.2) is 50.0 Å². The summed E-state index contributed by atoms with van der Waals surface area (Å²) in [4.78, 5) is 11.9. The smallest absolute Gasteiger partial charge is 0.163 e. The maximum atomic E-state index is 10.6. The topological polar surface area (TPSA) is 79.1 Å². The quantitative estimate of drug-likeness (QED) is 0.535. The lowest BCUT2D eigenvalue weighted by atomic mass is 10.1. The highest BCUT2D eigenvalue weighted by atomic mass is 16.3. The molecular weight excluding hydrogens is 376 g/mol. The third-order valence-corrected chi connectivity index (χ3v) is 5.77. The Hall–Kier alpha value is -3.19. The van der Waals surface area contributed by atoms with Crippen molar-refractivity contribution in [1.29, 1.82) is 0 Å². The fourth-order valence-corrected chi connectivity index (χ4v) is 4.49. The van der Waals surface area contributed by atoms with Crippen molar-refractivity contribution in [3.63, 3.8) is 0 Å². The molecule has 154 valence electrons. The fourth-order valence-electron chi connectivity index (χ4n) is 4.49. The molecule has 4 aromatic rings. The Labute approximate surface area is 175 Å². The molecule has 7 nitrogen and oxygen atoms in total. The van der Waals surface area contributed by atoms with Gasteiger partial charge in [-0.2, -0.15) is 5.10 Å². The summed E-state index contributed by atoms with van der Waals surface area (Å²) < 4.78 is 1.74. The van der Waals surface area contributed by atoms with E-state index in [9.17, 15) is 5.11 Å². The zero-order chi connectivity index (χ0) is 21.0. The predicted molar refractivity (Wildman–Crippen MR) is 120 cm³/mol. The Kier molecular flexibility index (Phi) is 4.36. The number of nitrogens with one attached hydrogen (secondary N) is 1. The zero-order valence-corrected chi connectivity index (χ0v) is 17.7. The van der Waals surface area contributed by atoms with Crippen molar-refractivity contribution in [2.75, 3.05) is 18.0 Å². The van der Waals surface area contributed by atoms with Gasteiger partial charge in [0.25, 0.3) is 0 Å². The molecule has 1 fully saturated rings. The van der Waals surface area contributed by atoms with Crippen molar-refractivity contribution >= 4 is 27.5 Å². The summed E-state index contributed by atoms with van der Waals surface area (Å²) in [5.74, 6) is 0.667. The number of rotatable bonds is 2. The first-order valence-corrected chi connectivity index (χ1v) is 10.3. The van der Waals surface area contributed by atoms with E-state index in [0.717, 1.165) is 40.6 Å². The Morgan fingerprint density at radius 1 is 1.03 bits per heavy atom. The van der Waals surface area contributed by atoms with Gasteiger partial charge in [0.15, 0.2) is 5.82 Å². The summed E-state index contributed by atoms with van der Waals surface area (Å²) in [7, 11) is 1.87. The van der Waals surface area contributed by atoms with Gasteiger partial charge in [-0.1, -0.05) is 0 Å². The predicted octanol–water partition coefficient (Wildman–Crippen LogP) is 3.38. The largest absolute Gasteiger partial charge is 0.507 e. The van der Waals surface area contributed by atoms with Crippen LogP contribution in [0.15, 0.2) is 36.5 Å². The summed E-state index contributed by atoms with van der Waals surface area (Å²) in [6, 6.07) is 10.8. The Morgan fingerprint density at radius 2 is 1.80 bits per heavy atom. The minimum Gasteiger partial charge on any atom is -0.507 e. The maximum Gasteiger partial charge on any atom is 0.163 e. The SMILES string of the molecule is Cc1nc(-c2cc3cn(C)nc3cc2O)nc2ccc(N3C[C@@H](C)N[C@@H](C)C3)cc12. The molecule has 1 aliphatic rings. The second-order valence-corrected chi connectivity index (χ2v) is 8.44. The number of phenolic OH excluding ortho intramolecular Hbond substituents is 1. The number of aryl methyl sites for hydroxylation is 2. The van der Waals surface area contributed by atoms with E-state index in [-0.39, 0.29) is 5.75 Å². The van der Waals surface area contributed by atoms with Gasteiger partial charge < -0.3 is 15.3 Å². The summed E-state index contributed by atoms with van der Waals surface area (Å²) in [6.07, 6.45) is 1.92. The van der Waals surface area contributed by atoms with E-state index < -0.39 is 0 Å². The van der Waals surface area contributed by atoms with Crippen molar-refractivity contribution in [2.45, 2.75) is 32.9 Å². The lowest BCUT2D eigenvalue weighted by molar-refractivity contribution is 0.407. The Balaban J connectivity index is 1.57. The van der Waals surface area contributed by atoms with Crippen LogP contribution in [0.2, 0.25) is 0 Å². The van der Waals surface area contributed by atoms with Crippen LogP contribution in [-0.2, 0) is 7.05 Å². The molecule has 0 bridgehead atoms. The molecule has 0 radical (unpaired) electrons. The van der Waals surface area contributed by atoms with Crippen LogP contribution in [0.1, 0.15) is 19.5 Å². The molecule has 5 rings (SSSR count). The second-order valence-electron chi connectivity index (χ2n) is 8.44. The minimum atomic E-state index is 0.139. The first-order chi connectivity index (χ1) is 14.4. The normalized spacial score (nSPS) is 19.7. The first kappa shape index (κ1) is 18.8. The summed E-state index contributed by atoms with van der Waals surface area (Å²) in [5.41, 5.74) is 4.35. The average molecular weight is 403 g/mol. The molecule has 0 amide bonds. The van der Waals surface area contributed by atoms with Gasteiger partial charge in [0, 0.05) is 66.6 Å². The van der Waals surface area contributed by atoms with Gasteiger partial charge in [-0.15, -0.1) is 0 Å². The van der Waals surface area contributed by atoms with Crippen molar-refractivity contribution in [3.8, 4) is 17.1 Å². The van der Waals surface area contributed by atoms with Crippen molar-refractivity contribution in [1.82, 2.24) is 25.1 Å². The van der Waals surface area contributed by atoms with Crippen LogP contribution in [0, 0.1) is 6.92 Å². The number of aromatic hydroxyl groups is 1. The highest BCUT2D eigenvalue weighted by molar-refractivity contribution is 5.89. The van der Waals surface area contributed by atoms with Crippen LogP contribution in [0.3, 0.4) is 0 Å². The molecule has 1 aliphatic heterocycles. The number of fused-ring (bicyclic) bond motifs is 2. The van der Waals surface area contributed by atoms with E-state index in [2.05, 4.69) is 47.4 Å². The molecule has 2 aromatic heterocycles. The number of hydrogen-bond acceptors (Lipinski definition) is 6. The number of hydrogen-bond donors (Lipinski definition) is 2. The molecule has 0 saturated carbocycles. The third-order valence-electron chi connectivity index (χ3n) is 5.77. The van der Waals surface area contributed by atoms with Crippen LogP contribution in [0.4, 0.5) is 5.69 Å². The van der Waals surface area contributed by atoms with Crippen LogP contribution in [0.5, 0.6) is 5.75 Å². The van der Waals surface area contributed by atoms with E-state index >= 15 is 0 Å². The molecule has 2 atom stereocenters. The number of nitrogens with zero attached hydrogens (tertiary/aromatic N) is 5. The van der Waals surface area contributed by atoms with Crippen LogP contribution in [0.25, 0.3) is 33.2 Å². The fraction of sp³-hybridized carbons (Fsp3) is 0.348. The molecule has 2 N–H and O–H groups in total. The average Bonchev–Trinajstić information content (AvgIpc) is 3.05. The van der Waals surface area contributed by atoms with E-state index in [1.54, 1.807) is 10.7 Å². The first-order valence-electron chi connectivity index (χ1n) is 10.3. The number of phenols is 1. The lowest BCUT2D eigenvalue weighted by Crippen LogP contribution is -2.54. The molecule has 2 aromatic carbocycles. The van der Waals surface area contributed by atoms with Gasteiger partial charge in [0.1, 0.15) is 5.75 Å². The van der Waals surface area contributed by atoms with Crippen molar-refractivity contribution in [2.24, 2.45) is 7.05 Å².